The molecule has 0 aliphatic carbocycles. The highest BCUT2D eigenvalue weighted by atomic mass is 32.1. The van der Waals surface area contributed by atoms with Crippen LogP contribution >= 0.6 is 12.6 Å². The lowest BCUT2D eigenvalue weighted by Gasteiger charge is -2.33. The van der Waals surface area contributed by atoms with Crippen molar-refractivity contribution in [1.82, 2.24) is 5.32 Å². The van der Waals surface area contributed by atoms with Crippen molar-refractivity contribution in [3.05, 3.63) is 66.0 Å². The van der Waals surface area contributed by atoms with Crippen LogP contribution in [0.15, 0.2) is 54.6 Å². The number of hydrogen-bond donors (Lipinski definition) is 5. The number of nitrogens with one attached hydrogen (secondary N) is 2. The zero-order valence-electron chi connectivity index (χ0n) is 16.2. The SMILES string of the molecule is NC(=O)CC[C@@](NC(=O)C(CS)Cc1ccccc1)(Nc1ccc(F)cc1)C(=O)O. The van der Waals surface area contributed by atoms with Gasteiger partial charge in [-0.25, -0.2) is 9.18 Å². The molecule has 0 aliphatic heterocycles. The fourth-order valence-electron chi connectivity index (χ4n) is 2.91. The first-order valence-corrected chi connectivity index (χ1v) is 9.91. The Morgan fingerprint density at radius 1 is 1.10 bits per heavy atom. The Labute approximate surface area is 179 Å². The molecule has 7 nitrogen and oxygen atoms in total. The van der Waals surface area contributed by atoms with Crippen molar-refractivity contribution < 1.29 is 23.9 Å². The number of thiol groups is 1. The van der Waals surface area contributed by atoms with Crippen molar-refractivity contribution in [2.24, 2.45) is 11.7 Å². The Kier molecular flexibility index (Phi) is 8.23. The van der Waals surface area contributed by atoms with E-state index in [-0.39, 0.29) is 24.3 Å². The predicted molar refractivity (Wildman–Crippen MR) is 114 cm³/mol. The van der Waals surface area contributed by atoms with Crippen LogP contribution in [0.5, 0.6) is 0 Å². The van der Waals surface area contributed by atoms with Gasteiger partial charge in [0, 0.05) is 24.3 Å². The predicted octanol–water partition coefficient (Wildman–Crippen LogP) is 2.19. The van der Waals surface area contributed by atoms with Gasteiger partial charge in [0.2, 0.25) is 17.5 Å². The first-order chi connectivity index (χ1) is 14.3. The third-order valence-corrected chi connectivity index (χ3v) is 5.01. The molecule has 2 amide bonds. The van der Waals surface area contributed by atoms with E-state index in [0.717, 1.165) is 17.7 Å². The molecule has 9 heteroatoms. The fourth-order valence-corrected chi connectivity index (χ4v) is 3.21. The number of carbonyl (C=O) groups excluding carboxylic acids is 2. The van der Waals surface area contributed by atoms with Crippen LogP contribution in [-0.2, 0) is 20.8 Å². The molecule has 0 radical (unpaired) electrons. The molecule has 2 aromatic rings. The minimum absolute atomic E-state index is 0.183. The van der Waals surface area contributed by atoms with Gasteiger partial charge >= 0.3 is 5.97 Å². The number of aliphatic carboxylic acids is 1. The molecule has 2 rings (SSSR count). The summed E-state index contributed by atoms with van der Waals surface area (Å²) in [5.41, 5.74) is 4.34. The van der Waals surface area contributed by atoms with Crippen LogP contribution < -0.4 is 16.4 Å². The molecule has 0 aliphatic rings. The van der Waals surface area contributed by atoms with E-state index in [2.05, 4.69) is 23.3 Å². The number of anilines is 1. The van der Waals surface area contributed by atoms with Crippen molar-refractivity contribution in [2.75, 3.05) is 11.1 Å². The number of primary amides is 1. The topological polar surface area (TPSA) is 122 Å². The zero-order valence-corrected chi connectivity index (χ0v) is 17.1. The number of hydrogen-bond acceptors (Lipinski definition) is 5. The summed E-state index contributed by atoms with van der Waals surface area (Å²) in [6.07, 6.45) is -0.228. The van der Waals surface area contributed by atoms with Gasteiger partial charge in [0.15, 0.2) is 0 Å². The second-order valence-corrected chi connectivity index (χ2v) is 7.23. The van der Waals surface area contributed by atoms with Crippen LogP contribution in [0.2, 0.25) is 0 Å². The van der Waals surface area contributed by atoms with Crippen LogP contribution in [0.3, 0.4) is 0 Å². The number of carboxylic acids is 1. The Morgan fingerprint density at radius 3 is 2.27 bits per heavy atom. The van der Waals surface area contributed by atoms with Gasteiger partial charge in [0.25, 0.3) is 0 Å². The van der Waals surface area contributed by atoms with Crippen molar-refractivity contribution in [3.63, 3.8) is 0 Å². The third-order valence-electron chi connectivity index (χ3n) is 4.57. The van der Waals surface area contributed by atoms with Crippen LogP contribution in [-0.4, -0.2) is 34.3 Å². The first kappa shape index (κ1) is 23.2. The summed E-state index contributed by atoms with van der Waals surface area (Å²) >= 11 is 4.24. The summed E-state index contributed by atoms with van der Waals surface area (Å²) < 4.78 is 13.2. The number of carbonyl (C=O) groups is 3. The maximum atomic E-state index is 13.2. The van der Waals surface area contributed by atoms with Crippen LogP contribution in [0.1, 0.15) is 18.4 Å². The molecular formula is C21H24FN3O4S. The molecule has 0 heterocycles. The van der Waals surface area contributed by atoms with E-state index in [4.69, 9.17) is 5.73 Å². The molecule has 0 fully saturated rings. The number of nitrogens with two attached hydrogens (primary N) is 1. The number of amides is 2. The van der Waals surface area contributed by atoms with E-state index in [1.54, 1.807) is 0 Å². The van der Waals surface area contributed by atoms with Gasteiger partial charge < -0.3 is 21.5 Å². The van der Waals surface area contributed by atoms with Gasteiger partial charge in [-0.1, -0.05) is 30.3 Å². The molecule has 0 saturated heterocycles. The van der Waals surface area contributed by atoms with E-state index < -0.39 is 35.2 Å². The summed E-state index contributed by atoms with van der Waals surface area (Å²) in [5.74, 6) is -3.60. The maximum absolute atomic E-state index is 13.2. The van der Waals surface area contributed by atoms with Gasteiger partial charge in [-0.15, -0.1) is 0 Å². The largest absolute Gasteiger partial charge is 0.478 e. The summed E-state index contributed by atoms with van der Waals surface area (Å²) in [6, 6.07) is 14.2. The van der Waals surface area contributed by atoms with Crippen molar-refractivity contribution in [1.29, 1.82) is 0 Å². The van der Waals surface area contributed by atoms with Gasteiger partial charge in [-0.3, -0.25) is 9.59 Å². The van der Waals surface area contributed by atoms with Crippen molar-refractivity contribution in [2.45, 2.75) is 24.9 Å². The van der Waals surface area contributed by atoms with Crippen molar-refractivity contribution in [3.8, 4) is 0 Å². The minimum Gasteiger partial charge on any atom is -0.478 e. The van der Waals surface area contributed by atoms with Crippen LogP contribution in [0, 0.1) is 11.7 Å². The quantitative estimate of drug-likeness (QED) is 0.275. The summed E-state index contributed by atoms with van der Waals surface area (Å²) in [5, 5.41) is 15.2. The van der Waals surface area contributed by atoms with E-state index in [1.165, 1.54) is 12.1 Å². The van der Waals surface area contributed by atoms with E-state index in [9.17, 15) is 23.9 Å². The number of halogens is 1. The van der Waals surface area contributed by atoms with Gasteiger partial charge in [0.1, 0.15) is 5.82 Å². The molecule has 0 spiro atoms. The highest BCUT2D eigenvalue weighted by Crippen LogP contribution is 2.21. The minimum atomic E-state index is -2.01. The standard InChI is InChI=1S/C21H24FN3O4S/c22-16-6-8-17(9-7-16)24-21(20(28)29,11-10-18(23)26)25-19(27)15(13-30)12-14-4-2-1-3-5-14/h1-9,15,24,30H,10-13H2,(H2,23,26)(H,25,27)(H,28,29)/t15?,21-/m0/s1. The molecule has 5 N–H and O–H groups in total. The molecular weight excluding hydrogens is 409 g/mol. The molecule has 2 aromatic carbocycles. The first-order valence-electron chi connectivity index (χ1n) is 9.28. The van der Waals surface area contributed by atoms with E-state index >= 15 is 0 Å². The average Bonchev–Trinajstić information content (AvgIpc) is 2.72. The average molecular weight is 434 g/mol. The van der Waals surface area contributed by atoms with Crippen LogP contribution in [0.25, 0.3) is 0 Å². The third kappa shape index (κ3) is 6.48. The number of carboxylic acid groups (broad SMARTS) is 1. The molecule has 0 aromatic heterocycles. The summed E-state index contributed by atoms with van der Waals surface area (Å²) in [4.78, 5) is 36.4. The second-order valence-electron chi connectivity index (χ2n) is 6.87. The van der Waals surface area contributed by atoms with E-state index in [0.29, 0.717) is 6.42 Å². The summed E-state index contributed by atoms with van der Waals surface area (Å²) in [6.45, 7) is 0. The molecule has 160 valence electrons. The van der Waals surface area contributed by atoms with Gasteiger partial charge in [-0.05, 0) is 36.2 Å². The smallest absolute Gasteiger partial charge is 0.350 e. The molecule has 0 saturated carbocycles. The lowest BCUT2D eigenvalue weighted by molar-refractivity contribution is -0.147. The Bertz CT molecular complexity index is 880. The zero-order chi connectivity index (χ0) is 22.1. The van der Waals surface area contributed by atoms with Crippen molar-refractivity contribution >= 4 is 36.1 Å². The van der Waals surface area contributed by atoms with Crippen LogP contribution in [0.4, 0.5) is 10.1 Å². The molecule has 2 atom stereocenters. The van der Waals surface area contributed by atoms with E-state index in [1.807, 2.05) is 30.3 Å². The lowest BCUT2D eigenvalue weighted by Crippen LogP contribution is -2.61. The number of benzene rings is 2. The fraction of sp³-hybridized carbons (Fsp3) is 0.286. The second kappa shape index (κ2) is 10.6. The Morgan fingerprint density at radius 2 is 1.73 bits per heavy atom. The maximum Gasteiger partial charge on any atom is 0.350 e. The lowest BCUT2D eigenvalue weighted by atomic mass is 9.97. The molecule has 0 bridgehead atoms. The number of rotatable bonds is 11. The van der Waals surface area contributed by atoms with Gasteiger partial charge in [-0.2, -0.15) is 12.6 Å². The highest BCUT2D eigenvalue weighted by Gasteiger charge is 2.41. The molecule has 30 heavy (non-hydrogen) atoms. The molecule has 1 unspecified atom stereocenters. The highest BCUT2D eigenvalue weighted by molar-refractivity contribution is 7.80. The summed E-state index contributed by atoms with van der Waals surface area (Å²) in [7, 11) is 0. The van der Waals surface area contributed by atoms with Gasteiger partial charge in [0.05, 0.1) is 5.92 Å². The Balaban J connectivity index is 2.28. The normalized spacial score (nSPS) is 13.7. The Hall–Kier alpha value is -3.07. The monoisotopic (exact) mass is 433 g/mol.